The monoisotopic (exact) mass is 486 g/mol. The molecule has 2 aromatic rings. The number of aromatic nitrogens is 1. The van der Waals surface area contributed by atoms with Crippen molar-refractivity contribution in [2.45, 2.75) is 51.3 Å². The van der Waals surface area contributed by atoms with Crippen LogP contribution in [0.1, 0.15) is 64.7 Å². The molecule has 2 saturated heterocycles. The van der Waals surface area contributed by atoms with Crippen molar-refractivity contribution < 1.29 is 18.0 Å². The molecule has 0 saturated carbocycles. The normalized spacial score (nSPS) is 18.1. The van der Waals surface area contributed by atoms with Gasteiger partial charge in [-0.15, -0.1) is 0 Å². The van der Waals surface area contributed by atoms with Crippen molar-refractivity contribution in [3.05, 3.63) is 46.8 Å². The number of H-pyrrole nitrogens is 1. The first-order valence-electron chi connectivity index (χ1n) is 12.0. The zero-order valence-corrected chi connectivity index (χ0v) is 21.1. The van der Waals surface area contributed by atoms with Crippen LogP contribution in [0.15, 0.2) is 29.2 Å². The Bertz CT molecular complexity index is 1150. The van der Waals surface area contributed by atoms with E-state index in [-0.39, 0.29) is 16.6 Å². The molecular weight excluding hydrogens is 452 g/mol. The quantitative estimate of drug-likeness (QED) is 0.654. The number of sulfonamides is 1. The zero-order valence-electron chi connectivity index (χ0n) is 20.3. The molecule has 1 N–H and O–H groups in total. The number of hydrogen-bond donors (Lipinski definition) is 1. The maximum Gasteiger partial charge on any atom is 0.270 e. The van der Waals surface area contributed by atoms with Crippen molar-refractivity contribution in [2.75, 3.05) is 44.2 Å². The number of hydrogen-bond acceptors (Lipinski definition) is 5. The van der Waals surface area contributed by atoms with Gasteiger partial charge in [0.2, 0.25) is 10.0 Å². The Morgan fingerprint density at radius 3 is 2.00 bits per heavy atom. The van der Waals surface area contributed by atoms with Gasteiger partial charge in [0.25, 0.3) is 5.91 Å². The van der Waals surface area contributed by atoms with Crippen LogP contribution in [0, 0.1) is 13.8 Å². The van der Waals surface area contributed by atoms with Gasteiger partial charge < -0.3 is 14.8 Å². The third kappa shape index (κ3) is 4.77. The lowest BCUT2D eigenvalue weighted by atomic mass is 10.1. The maximum absolute atomic E-state index is 13.4. The lowest BCUT2D eigenvalue weighted by Gasteiger charge is -2.36. The van der Waals surface area contributed by atoms with Gasteiger partial charge in [0.05, 0.1) is 0 Å². The third-order valence-electron chi connectivity index (χ3n) is 6.95. The van der Waals surface area contributed by atoms with Gasteiger partial charge in [-0.25, -0.2) is 8.42 Å². The Labute approximate surface area is 202 Å². The summed E-state index contributed by atoms with van der Waals surface area (Å²) in [6.07, 6.45) is 3.84. The summed E-state index contributed by atoms with van der Waals surface area (Å²) in [5.74, 6) is -0.125. The van der Waals surface area contributed by atoms with Crippen LogP contribution >= 0.6 is 0 Å². The molecule has 0 unspecified atom stereocenters. The predicted molar refractivity (Wildman–Crippen MR) is 132 cm³/mol. The van der Waals surface area contributed by atoms with Crippen molar-refractivity contribution in [1.29, 1.82) is 0 Å². The molecule has 0 spiro atoms. The van der Waals surface area contributed by atoms with Crippen LogP contribution in [0.5, 0.6) is 0 Å². The highest BCUT2D eigenvalue weighted by molar-refractivity contribution is 7.89. The summed E-state index contributed by atoms with van der Waals surface area (Å²) in [6, 6.07) is 7.53. The van der Waals surface area contributed by atoms with Gasteiger partial charge in [-0.05, 0) is 63.4 Å². The second-order valence-electron chi connectivity index (χ2n) is 9.28. The average molecular weight is 487 g/mol. The Hall–Kier alpha value is -2.65. The summed E-state index contributed by atoms with van der Waals surface area (Å²) in [6.45, 7) is 8.50. The Morgan fingerprint density at radius 2 is 1.44 bits per heavy atom. The number of carbonyl (C=O) groups excluding carboxylic acids is 2. The molecule has 8 nitrogen and oxygen atoms in total. The van der Waals surface area contributed by atoms with E-state index in [0.717, 1.165) is 31.4 Å². The van der Waals surface area contributed by atoms with E-state index in [1.807, 2.05) is 24.3 Å². The fourth-order valence-corrected chi connectivity index (χ4v) is 6.90. The lowest BCUT2D eigenvalue weighted by molar-refractivity contribution is 0.0740. The number of rotatable bonds is 5. The van der Waals surface area contributed by atoms with Gasteiger partial charge in [0.15, 0.2) is 5.78 Å². The molecule has 9 heteroatoms. The van der Waals surface area contributed by atoms with E-state index in [1.54, 1.807) is 30.0 Å². The minimum Gasteiger partial charge on any atom is -0.368 e. The smallest absolute Gasteiger partial charge is 0.270 e. The van der Waals surface area contributed by atoms with E-state index in [9.17, 15) is 18.0 Å². The van der Waals surface area contributed by atoms with Crippen LogP contribution in [0.4, 0.5) is 5.69 Å². The number of ketones is 1. The first-order valence-corrected chi connectivity index (χ1v) is 13.5. The van der Waals surface area contributed by atoms with E-state index < -0.39 is 10.0 Å². The fourth-order valence-electron chi connectivity index (χ4n) is 4.98. The standard InChI is InChI=1S/C25H34N4O4S/c1-18-23(26-19(2)24(18)34(32,33)29-12-6-4-5-7-13-29)25(31)28-16-14-27(15-17-28)22-10-8-21(9-11-22)20(3)30/h8-11,26H,4-7,12-17H2,1-3H3. The summed E-state index contributed by atoms with van der Waals surface area (Å²) >= 11 is 0. The van der Waals surface area contributed by atoms with Crippen LogP contribution < -0.4 is 4.90 Å². The van der Waals surface area contributed by atoms with Crippen molar-refractivity contribution >= 4 is 27.4 Å². The molecule has 3 heterocycles. The van der Waals surface area contributed by atoms with Gasteiger partial charge in [-0.3, -0.25) is 9.59 Å². The molecule has 4 rings (SSSR count). The number of piperazine rings is 1. The summed E-state index contributed by atoms with van der Waals surface area (Å²) in [5.41, 5.74) is 3.10. The topological polar surface area (TPSA) is 93.8 Å². The van der Waals surface area contributed by atoms with Crippen LogP contribution in [0.25, 0.3) is 0 Å². The first kappa shape index (κ1) is 24.5. The molecule has 1 aromatic heterocycles. The van der Waals surface area contributed by atoms with Gasteiger partial charge >= 0.3 is 0 Å². The maximum atomic E-state index is 13.4. The number of carbonyl (C=O) groups is 2. The second-order valence-corrected chi connectivity index (χ2v) is 11.2. The molecular formula is C25H34N4O4S. The van der Waals surface area contributed by atoms with E-state index in [1.165, 1.54) is 0 Å². The van der Waals surface area contributed by atoms with E-state index in [4.69, 9.17) is 0 Å². The van der Waals surface area contributed by atoms with Gasteiger partial charge in [-0.1, -0.05) is 12.8 Å². The third-order valence-corrected chi connectivity index (χ3v) is 9.12. The number of nitrogens with one attached hydrogen (secondary N) is 1. The van der Waals surface area contributed by atoms with Crippen LogP contribution in [0.2, 0.25) is 0 Å². The predicted octanol–water partition coefficient (Wildman–Crippen LogP) is 3.36. The van der Waals surface area contributed by atoms with Gasteiger partial charge in [0.1, 0.15) is 10.6 Å². The number of aromatic amines is 1. The summed E-state index contributed by atoms with van der Waals surface area (Å²) in [5, 5.41) is 0. The highest BCUT2D eigenvalue weighted by Crippen LogP contribution is 2.29. The highest BCUT2D eigenvalue weighted by atomic mass is 32.2. The summed E-state index contributed by atoms with van der Waals surface area (Å²) in [4.78, 5) is 32.2. The molecule has 2 aliphatic rings. The number of Topliss-reactive ketones (excluding diaryl/α,β-unsaturated/α-hetero) is 1. The number of nitrogens with zero attached hydrogens (tertiary/aromatic N) is 3. The van der Waals surface area contributed by atoms with Gasteiger partial charge in [0, 0.05) is 56.2 Å². The Morgan fingerprint density at radius 1 is 0.853 bits per heavy atom. The Kier molecular flexibility index (Phi) is 7.14. The summed E-state index contributed by atoms with van der Waals surface area (Å²) < 4.78 is 28.4. The first-order chi connectivity index (χ1) is 16.2. The molecule has 0 radical (unpaired) electrons. The fraction of sp³-hybridized carbons (Fsp3) is 0.520. The number of benzene rings is 1. The minimum atomic E-state index is -3.65. The van der Waals surface area contributed by atoms with Crippen LogP contribution in [-0.4, -0.2) is 73.6 Å². The highest BCUT2D eigenvalue weighted by Gasteiger charge is 2.33. The molecule has 1 aromatic carbocycles. The average Bonchev–Trinajstić information content (AvgIpc) is 2.99. The van der Waals surface area contributed by atoms with Crippen LogP contribution in [-0.2, 0) is 10.0 Å². The van der Waals surface area contributed by atoms with Crippen molar-refractivity contribution in [3.63, 3.8) is 0 Å². The molecule has 0 bridgehead atoms. The van der Waals surface area contributed by atoms with Crippen molar-refractivity contribution in [3.8, 4) is 0 Å². The van der Waals surface area contributed by atoms with Crippen LogP contribution in [0.3, 0.4) is 0 Å². The Balaban J connectivity index is 1.47. The molecule has 2 fully saturated rings. The second kappa shape index (κ2) is 9.92. The SMILES string of the molecule is CC(=O)c1ccc(N2CCN(C(=O)c3[nH]c(C)c(S(=O)(=O)N4CCCCCC4)c3C)CC2)cc1. The minimum absolute atomic E-state index is 0.0378. The zero-order chi connectivity index (χ0) is 24.5. The van der Waals surface area contributed by atoms with E-state index in [2.05, 4.69) is 9.88 Å². The number of anilines is 1. The van der Waals surface area contributed by atoms with E-state index >= 15 is 0 Å². The van der Waals surface area contributed by atoms with Crippen molar-refractivity contribution in [1.82, 2.24) is 14.2 Å². The molecule has 1 amide bonds. The van der Waals surface area contributed by atoms with E-state index in [0.29, 0.717) is 61.8 Å². The lowest BCUT2D eigenvalue weighted by Crippen LogP contribution is -2.49. The molecule has 34 heavy (non-hydrogen) atoms. The van der Waals surface area contributed by atoms with Gasteiger partial charge in [-0.2, -0.15) is 4.31 Å². The molecule has 2 aliphatic heterocycles. The number of aryl methyl sites for hydroxylation is 1. The molecule has 184 valence electrons. The number of amides is 1. The molecule has 0 aliphatic carbocycles. The summed E-state index contributed by atoms with van der Waals surface area (Å²) in [7, 11) is -3.65. The molecule has 0 atom stereocenters. The largest absolute Gasteiger partial charge is 0.368 e. The van der Waals surface area contributed by atoms with Crippen molar-refractivity contribution in [2.24, 2.45) is 0 Å².